The maximum Gasteiger partial charge on any atom is 0.181 e. The third-order valence-corrected chi connectivity index (χ3v) is 6.82. The van der Waals surface area contributed by atoms with E-state index in [1.165, 1.54) is 0 Å². The summed E-state index contributed by atoms with van der Waals surface area (Å²) < 4.78 is 11.0. The van der Waals surface area contributed by atoms with Crippen LogP contribution in [0, 0.1) is 24.2 Å². The zero-order valence-electron chi connectivity index (χ0n) is 19.2. The van der Waals surface area contributed by atoms with Crippen molar-refractivity contribution >= 4 is 11.5 Å². The van der Waals surface area contributed by atoms with Gasteiger partial charge in [0.2, 0.25) is 0 Å². The summed E-state index contributed by atoms with van der Waals surface area (Å²) in [5, 5.41) is 9.45. The van der Waals surface area contributed by atoms with Crippen LogP contribution in [0.4, 0.5) is 0 Å². The number of amidine groups is 1. The Hall–Kier alpha value is -3.17. The second-order valence-electron chi connectivity index (χ2n) is 8.72. The molecule has 0 radical (unpaired) electrons. The fourth-order valence-electron chi connectivity index (χ4n) is 4.97. The Labute approximate surface area is 189 Å². The SMILES string of the molecule is COc1cc(C#N)cc(-c2ccc(C)c(C3(C4CCC(OC)CC4)N=C(C)C(N)=N3)c2)c1. The molecule has 4 rings (SSSR count). The van der Waals surface area contributed by atoms with Crippen LogP contribution in [0.1, 0.15) is 49.3 Å². The van der Waals surface area contributed by atoms with Gasteiger partial charge in [-0.25, -0.2) is 4.99 Å². The molecule has 0 spiro atoms. The molecule has 2 aromatic rings. The molecule has 1 heterocycles. The van der Waals surface area contributed by atoms with Gasteiger partial charge >= 0.3 is 0 Å². The molecule has 0 saturated heterocycles. The average molecular weight is 431 g/mol. The van der Waals surface area contributed by atoms with Gasteiger partial charge in [0.05, 0.1) is 30.6 Å². The van der Waals surface area contributed by atoms with E-state index in [-0.39, 0.29) is 5.92 Å². The molecule has 0 bridgehead atoms. The number of hydrogen-bond donors (Lipinski definition) is 1. The Morgan fingerprint density at radius 3 is 2.34 bits per heavy atom. The summed E-state index contributed by atoms with van der Waals surface area (Å²) >= 11 is 0. The quantitative estimate of drug-likeness (QED) is 0.742. The summed E-state index contributed by atoms with van der Waals surface area (Å²) in [6.07, 6.45) is 4.24. The number of benzene rings is 2. The van der Waals surface area contributed by atoms with Crippen molar-refractivity contribution in [1.29, 1.82) is 5.26 Å². The van der Waals surface area contributed by atoms with Crippen molar-refractivity contribution in [2.45, 2.75) is 51.3 Å². The van der Waals surface area contributed by atoms with Crippen molar-refractivity contribution in [2.24, 2.45) is 21.6 Å². The van der Waals surface area contributed by atoms with Crippen LogP contribution in [0.15, 0.2) is 46.4 Å². The minimum absolute atomic E-state index is 0.249. The van der Waals surface area contributed by atoms with E-state index in [0.717, 1.165) is 53.6 Å². The van der Waals surface area contributed by atoms with Crippen LogP contribution in [-0.4, -0.2) is 31.9 Å². The lowest BCUT2D eigenvalue weighted by molar-refractivity contribution is 0.0426. The molecule has 6 nitrogen and oxygen atoms in total. The number of nitrogens with two attached hydrogens (primary N) is 1. The zero-order valence-corrected chi connectivity index (χ0v) is 19.2. The zero-order chi connectivity index (χ0) is 22.9. The summed E-state index contributed by atoms with van der Waals surface area (Å²) in [4.78, 5) is 10.1. The number of rotatable bonds is 5. The van der Waals surface area contributed by atoms with Crippen molar-refractivity contribution in [3.8, 4) is 22.9 Å². The molecule has 2 N–H and O–H groups in total. The first-order chi connectivity index (χ1) is 15.4. The lowest BCUT2D eigenvalue weighted by Crippen LogP contribution is -2.36. The predicted molar refractivity (Wildman–Crippen MR) is 127 cm³/mol. The van der Waals surface area contributed by atoms with Gasteiger partial charge in [0.1, 0.15) is 11.6 Å². The number of nitriles is 1. The molecule has 0 aromatic heterocycles. The third kappa shape index (κ3) is 3.89. The highest BCUT2D eigenvalue weighted by Gasteiger charge is 2.46. The van der Waals surface area contributed by atoms with Gasteiger partial charge in [0, 0.05) is 18.6 Å². The van der Waals surface area contributed by atoms with E-state index in [0.29, 0.717) is 23.3 Å². The molecule has 1 fully saturated rings. The molecule has 2 aliphatic rings. The smallest absolute Gasteiger partial charge is 0.181 e. The van der Waals surface area contributed by atoms with E-state index in [1.54, 1.807) is 20.3 Å². The van der Waals surface area contributed by atoms with Crippen molar-refractivity contribution in [3.63, 3.8) is 0 Å². The second-order valence-corrected chi connectivity index (χ2v) is 8.72. The first-order valence-electron chi connectivity index (χ1n) is 11.1. The van der Waals surface area contributed by atoms with E-state index in [2.05, 4.69) is 31.2 Å². The molecule has 32 heavy (non-hydrogen) atoms. The lowest BCUT2D eigenvalue weighted by atomic mass is 9.74. The van der Waals surface area contributed by atoms with Gasteiger partial charge < -0.3 is 15.2 Å². The van der Waals surface area contributed by atoms with Crippen molar-refractivity contribution < 1.29 is 9.47 Å². The standard InChI is InChI=1S/C26H30N4O2/c1-16-5-6-19(20-11-18(15-27)12-23(13-20)32-4)14-24(16)26(29-17(2)25(28)30-26)21-7-9-22(31-3)10-8-21/h5-6,11-14,21-22H,7-10H2,1-4H3,(H2,28,30). The van der Waals surface area contributed by atoms with Gasteiger partial charge in [0.15, 0.2) is 5.66 Å². The Morgan fingerprint density at radius 2 is 1.75 bits per heavy atom. The topological polar surface area (TPSA) is 93.0 Å². The van der Waals surface area contributed by atoms with Crippen LogP contribution in [0.25, 0.3) is 11.1 Å². The van der Waals surface area contributed by atoms with Crippen LogP contribution < -0.4 is 10.5 Å². The molecule has 2 aromatic carbocycles. The number of methoxy groups -OCH3 is 2. The van der Waals surface area contributed by atoms with E-state index in [1.807, 2.05) is 19.1 Å². The van der Waals surface area contributed by atoms with Gasteiger partial charge in [-0.05, 0) is 80.5 Å². The molecule has 1 unspecified atom stereocenters. The number of hydrogen-bond acceptors (Lipinski definition) is 6. The van der Waals surface area contributed by atoms with Crippen molar-refractivity contribution in [2.75, 3.05) is 14.2 Å². The third-order valence-electron chi connectivity index (χ3n) is 6.82. The van der Waals surface area contributed by atoms with Gasteiger partial charge in [0.25, 0.3) is 0 Å². The van der Waals surface area contributed by atoms with E-state index in [9.17, 15) is 5.26 Å². The minimum atomic E-state index is -0.718. The Kier molecular flexibility index (Phi) is 6.03. The highest BCUT2D eigenvalue weighted by Crippen LogP contribution is 2.47. The van der Waals surface area contributed by atoms with Gasteiger partial charge in [-0.2, -0.15) is 5.26 Å². The molecule has 0 amide bonds. The maximum atomic E-state index is 9.45. The number of aliphatic imine (C=N–C) groups is 2. The highest BCUT2D eigenvalue weighted by atomic mass is 16.5. The average Bonchev–Trinajstić information content (AvgIpc) is 3.13. The van der Waals surface area contributed by atoms with Crippen molar-refractivity contribution in [1.82, 2.24) is 0 Å². The van der Waals surface area contributed by atoms with Crippen LogP contribution in [-0.2, 0) is 10.4 Å². The monoisotopic (exact) mass is 430 g/mol. The lowest BCUT2D eigenvalue weighted by Gasteiger charge is -2.38. The summed E-state index contributed by atoms with van der Waals surface area (Å²) in [6.45, 7) is 4.03. The van der Waals surface area contributed by atoms with Gasteiger partial charge in [-0.1, -0.05) is 12.1 Å². The van der Waals surface area contributed by atoms with Crippen molar-refractivity contribution in [3.05, 3.63) is 53.1 Å². The predicted octanol–water partition coefficient (Wildman–Crippen LogP) is 4.73. The Balaban J connectivity index is 1.83. The normalized spacial score (nSPS) is 25.1. The van der Waals surface area contributed by atoms with E-state index in [4.69, 9.17) is 25.2 Å². The van der Waals surface area contributed by atoms with Gasteiger partial charge in [-0.3, -0.25) is 4.99 Å². The Morgan fingerprint density at radius 1 is 1.00 bits per heavy atom. The summed E-state index contributed by atoms with van der Waals surface area (Å²) in [6, 6.07) is 14.1. The molecule has 1 aliphatic carbocycles. The maximum absolute atomic E-state index is 9.45. The fraction of sp³-hybridized carbons (Fsp3) is 0.423. The molecule has 1 saturated carbocycles. The summed E-state index contributed by atoms with van der Waals surface area (Å²) in [7, 11) is 3.39. The molecule has 166 valence electrons. The van der Waals surface area contributed by atoms with E-state index < -0.39 is 5.66 Å². The van der Waals surface area contributed by atoms with Gasteiger partial charge in [-0.15, -0.1) is 0 Å². The van der Waals surface area contributed by atoms with Crippen LogP contribution >= 0.6 is 0 Å². The summed E-state index contributed by atoms with van der Waals surface area (Å²) in [5.41, 5.74) is 11.0. The molecular formula is C26H30N4O2. The molecule has 1 atom stereocenters. The largest absolute Gasteiger partial charge is 0.497 e. The minimum Gasteiger partial charge on any atom is -0.497 e. The first-order valence-corrected chi connectivity index (χ1v) is 11.1. The Bertz CT molecular complexity index is 1100. The van der Waals surface area contributed by atoms with E-state index >= 15 is 0 Å². The molecule has 6 heteroatoms. The second kappa shape index (κ2) is 8.76. The summed E-state index contributed by atoms with van der Waals surface area (Å²) in [5.74, 6) is 1.42. The van der Waals surface area contributed by atoms with Crippen LogP contribution in [0.3, 0.4) is 0 Å². The van der Waals surface area contributed by atoms with Crippen LogP contribution in [0.2, 0.25) is 0 Å². The first kappa shape index (κ1) is 22.0. The van der Waals surface area contributed by atoms with Crippen LogP contribution in [0.5, 0.6) is 5.75 Å². The molecule has 1 aliphatic heterocycles. The number of aryl methyl sites for hydroxylation is 1. The number of nitrogens with zero attached hydrogens (tertiary/aromatic N) is 3. The highest BCUT2D eigenvalue weighted by molar-refractivity contribution is 6.41. The fourth-order valence-corrected chi connectivity index (χ4v) is 4.97. The molecular weight excluding hydrogens is 400 g/mol. The number of ether oxygens (including phenoxy) is 2.